The molecule has 4 rings (SSSR count). The van der Waals surface area contributed by atoms with E-state index in [0.29, 0.717) is 31.3 Å². The third kappa shape index (κ3) is 5.26. The fraction of sp³-hybridized carbons (Fsp3) is 0.480. The van der Waals surface area contributed by atoms with Crippen LogP contribution < -0.4 is 20.3 Å². The summed E-state index contributed by atoms with van der Waals surface area (Å²) < 4.78 is 17.7. The summed E-state index contributed by atoms with van der Waals surface area (Å²) in [5.41, 5.74) is 2.02. The van der Waals surface area contributed by atoms with Crippen molar-refractivity contribution in [2.45, 2.75) is 51.6 Å². The first-order valence-corrected chi connectivity index (χ1v) is 12.4. The number of nitrogens with one attached hydrogen (secondary N) is 1. The van der Waals surface area contributed by atoms with Crippen molar-refractivity contribution < 1.29 is 19.0 Å². The maximum atomic E-state index is 13.1. The number of carbonyl (C=O) groups excluding carboxylic acids is 1. The van der Waals surface area contributed by atoms with E-state index in [4.69, 9.17) is 14.2 Å². The van der Waals surface area contributed by atoms with Crippen LogP contribution in [0.1, 0.15) is 48.2 Å². The third-order valence-corrected chi connectivity index (χ3v) is 7.33. The molecule has 1 aliphatic rings. The van der Waals surface area contributed by atoms with E-state index >= 15 is 0 Å². The highest BCUT2D eigenvalue weighted by molar-refractivity contribution is 7.18. The molecule has 0 radical (unpaired) electrons. The Morgan fingerprint density at radius 2 is 2.03 bits per heavy atom. The molecule has 0 spiro atoms. The molecule has 0 saturated carbocycles. The average molecular weight is 486 g/mol. The molecule has 2 heterocycles. The first kappa shape index (κ1) is 24.2. The van der Waals surface area contributed by atoms with Crippen molar-refractivity contribution in [1.82, 2.24) is 14.9 Å². The summed E-state index contributed by atoms with van der Waals surface area (Å²) in [6.07, 6.45) is 6.00. The number of ether oxygens (including phenoxy) is 3. The lowest BCUT2D eigenvalue weighted by atomic mass is 9.97. The fourth-order valence-electron chi connectivity index (χ4n) is 4.27. The minimum atomic E-state index is -0.226. The van der Waals surface area contributed by atoms with Gasteiger partial charge in [0.05, 0.1) is 31.5 Å². The molecule has 1 aromatic carbocycles. The van der Waals surface area contributed by atoms with E-state index in [9.17, 15) is 9.59 Å². The predicted molar refractivity (Wildman–Crippen MR) is 132 cm³/mol. The summed E-state index contributed by atoms with van der Waals surface area (Å²) in [6.45, 7) is 3.11. The number of aryl methyl sites for hydroxylation is 3. The molecule has 182 valence electrons. The Labute approximate surface area is 202 Å². The summed E-state index contributed by atoms with van der Waals surface area (Å²) in [7, 11) is 3.20. The highest BCUT2D eigenvalue weighted by Crippen LogP contribution is 2.33. The van der Waals surface area contributed by atoms with Crippen molar-refractivity contribution in [2.75, 3.05) is 27.4 Å². The zero-order valence-corrected chi connectivity index (χ0v) is 20.7. The van der Waals surface area contributed by atoms with Crippen LogP contribution in [0.25, 0.3) is 10.2 Å². The van der Waals surface area contributed by atoms with Gasteiger partial charge in [-0.1, -0.05) is 6.07 Å². The minimum absolute atomic E-state index is 0.0425. The van der Waals surface area contributed by atoms with Gasteiger partial charge in [0.2, 0.25) is 5.91 Å². The summed E-state index contributed by atoms with van der Waals surface area (Å²) in [4.78, 5) is 32.3. The van der Waals surface area contributed by atoms with Gasteiger partial charge in [-0.25, -0.2) is 4.98 Å². The van der Waals surface area contributed by atoms with E-state index in [2.05, 4.69) is 10.3 Å². The molecule has 34 heavy (non-hydrogen) atoms. The number of hydrogen-bond acceptors (Lipinski definition) is 7. The molecule has 0 aliphatic heterocycles. The summed E-state index contributed by atoms with van der Waals surface area (Å²) in [5.74, 6) is 1.09. The zero-order chi connectivity index (χ0) is 24.1. The second-order valence-electron chi connectivity index (χ2n) is 8.42. The van der Waals surface area contributed by atoms with Gasteiger partial charge in [-0.15, -0.1) is 11.3 Å². The number of benzene rings is 1. The Bertz CT molecular complexity index is 1220. The van der Waals surface area contributed by atoms with Crippen LogP contribution in [0.5, 0.6) is 11.5 Å². The molecule has 3 aromatic rings. The first-order valence-electron chi connectivity index (χ1n) is 11.6. The quantitative estimate of drug-likeness (QED) is 0.441. The summed E-state index contributed by atoms with van der Waals surface area (Å²) >= 11 is 1.63. The number of aromatic nitrogens is 2. The van der Waals surface area contributed by atoms with Gasteiger partial charge in [-0.3, -0.25) is 14.2 Å². The van der Waals surface area contributed by atoms with E-state index in [-0.39, 0.29) is 23.9 Å². The number of amides is 1. The lowest BCUT2D eigenvalue weighted by Gasteiger charge is -2.17. The van der Waals surface area contributed by atoms with Gasteiger partial charge in [-0.2, -0.15) is 0 Å². The van der Waals surface area contributed by atoms with Crippen LogP contribution in [0, 0.1) is 0 Å². The van der Waals surface area contributed by atoms with Crippen molar-refractivity contribution in [2.24, 2.45) is 0 Å². The van der Waals surface area contributed by atoms with Crippen molar-refractivity contribution in [3.05, 3.63) is 50.9 Å². The lowest BCUT2D eigenvalue weighted by Crippen LogP contribution is -2.29. The first-order chi connectivity index (χ1) is 16.5. The molecule has 1 unspecified atom stereocenters. The average Bonchev–Trinajstić information content (AvgIpc) is 3.23. The molecule has 9 heteroatoms. The van der Waals surface area contributed by atoms with Crippen LogP contribution >= 0.6 is 11.3 Å². The molecule has 1 N–H and O–H groups in total. The van der Waals surface area contributed by atoms with Crippen LogP contribution in [-0.2, 0) is 28.9 Å². The van der Waals surface area contributed by atoms with Gasteiger partial charge in [0.25, 0.3) is 5.56 Å². The molecular formula is C25H31N3O5S. The molecular weight excluding hydrogens is 454 g/mol. The largest absolute Gasteiger partial charge is 0.493 e. The lowest BCUT2D eigenvalue weighted by molar-refractivity contribution is -0.121. The van der Waals surface area contributed by atoms with Crippen molar-refractivity contribution in [1.29, 1.82) is 0 Å². The van der Waals surface area contributed by atoms with E-state index in [0.717, 1.165) is 35.0 Å². The van der Waals surface area contributed by atoms with E-state index in [1.807, 2.05) is 25.1 Å². The van der Waals surface area contributed by atoms with Crippen molar-refractivity contribution in [3.63, 3.8) is 0 Å². The Morgan fingerprint density at radius 3 is 2.82 bits per heavy atom. The number of rotatable bonds is 10. The van der Waals surface area contributed by atoms with Gasteiger partial charge in [0.1, 0.15) is 11.4 Å². The smallest absolute Gasteiger partial charge is 0.262 e. The van der Waals surface area contributed by atoms with Gasteiger partial charge >= 0.3 is 0 Å². The molecule has 8 nitrogen and oxygen atoms in total. The second-order valence-corrected chi connectivity index (χ2v) is 9.51. The zero-order valence-electron chi connectivity index (χ0n) is 19.9. The van der Waals surface area contributed by atoms with Gasteiger partial charge in [0.15, 0.2) is 11.5 Å². The summed E-state index contributed by atoms with van der Waals surface area (Å²) in [5, 5.41) is 3.75. The topological polar surface area (TPSA) is 91.7 Å². The number of methoxy groups -OCH3 is 2. The van der Waals surface area contributed by atoms with Crippen LogP contribution in [0.15, 0.2) is 29.3 Å². The van der Waals surface area contributed by atoms with Gasteiger partial charge < -0.3 is 19.5 Å². The highest BCUT2D eigenvalue weighted by atomic mass is 32.1. The standard InChI is InChI=1S/C25H31N3O5S/c1-16(17-8-9-19(20(14-17)32-3)33-13-12-31-2)27-22(29)10-11-28-15-26-24-23(25(28)30)18-6-4-5-7-21(18)34-24/h8-9,14-16H,4-7,10-13H2,1-3H3,(H,27,29). The Kier molecular flexibility index (Phi) is 7.84. The molecule has 1 aliphatic carbocycles. The van der Waals surface area contributed by atoms with Crippen LogP contribution in [0.3, 0.4) is 0 Å². The number of thiophene rings is 1. The number of carbonyl (C=O) groups is 1. The predicted octanol–water partition coefficient (Wildman–Crippen LogP) is 3.64. The van der Waals surface area contributed by atoms with Gasteiger partial charge in [0, 0.05) is 25.0 Å². The maximum absolute atomic E-state index is 13.1. The van der Waals surface area contributed by atoms with Crippen LogP contribution in [-0.4, -0.2) is 42.9 Å². The monoisotopic (exact) mass is 485 g/mol. The molecule has 0 fully saturated rings. The number of hydrogen-bond donors (Lipinski definition) is 1. The van der Waals surface area contributed by atoms with Crippen molar-refractivity contribution in [3.8, 4) is 11.5 Å². The summed E-state index contributed by atoms with van der Waals surface area (Å²) in [6, 6.07) is 5.36. The SMILES string of the molecule is COCCOc1ccc(C(C)NC(=O)CCn2cnc3sc4c(c3c2=O)CCCC4)cc1OC. The third-order valence-electron chi connectivity index (χ3n) is 6.13. The maximum Gasteiger partial charge on any atom is 0.262 e. The highest BCUT2D eigenvalue weighted by Gasteiger charge is 2.20. The van der Waals surface area contributed by atoms with E-state index in [1.165, 1.54) is 16.9 Å². The molecule has 0 bridgehead atoms. The Morgan fingerprint density at radius 1 is 1.21 bits per heavy atom. The van der Waals surface area contributed by atoms with Crippen LogP contribution in [0.2, 0.25) is 0 Å². The second kappa shape index (κ2) is 11.0. The molecule has 2 aromatic heterocycles. The Balaban J connectivity index is 1.39. The van der Waals surface area contributed by atoms with E-state index in [1.54, 1.807) is 36.5 Å². The minimum Gasteiger partial charge on any atom is -0.493 e. The Hall–Kier alpha value is -2.91. The fourth-order valence-corrected chi connectivity index (χ4v) is 5.49. The molecule has 0 saturated heterocycles. The normalized spacial score (nSPS) is 14.0. The molecule has 1 amide bonds. The van der Waals surface area contributed by atoms with Crippen LogP contribution in [0.4, 0.5) is 0 Å². The van der Waals surface area contributed by atoms with Crippen molar-refractivity contribution >= 4 is 27.5 Å². The number of nitrogens with zero attached hydrogens (tertiary/aromatic N) is 2. The van der Waals surface area contributed by atoms with Gasteiger partial charge in [-0.05, 0) is 55.9 Å². The molecule has 1 atom stereocenters. The number of fused-ring (bicyclic) bond motifs is 3. The van der Waals surface area contributed by atoms with E-state index < -0.39 is 0 Å².